The summed E-state index contributed by atoms with van der Waals surface area (Å²) < 4.78 is 11.9. The first-order valence-electron chi connectivity index (χ1n) is 13.3. The summed E-state index contributed by atoms with van der Waals surface area (Å²) in [4.78, 5) is 2.43. The van der Waals surface area contributed by atoms with E-state index in [9.17, 15) is 5.26 Å². The van der Waals surface area contributed by atoms with Crippen LogP contribution in [-0.2, 0) is 11.3 Å². The Morgan fingerprint density at radius 2 is 1.84 bits per heavy atom. The fraction of sp³-hybridized carbons (Fsp3) is 0.333. The molecule has 0 aromatic heterocycles. The number of ether oxygens (including phenoxy) is 2. The van der Waals surface area contributed by atoms with E-state index in [1.54, 1.807) is 0 Å². The molecule has 1 heterocycles. The van der Waals surface area contributed by atoms with Gasteiger partial charge in [-0.1, -0.05) is 60.7 Å². The molecule has 0 aliphatic carbocycles. The molecule has 4 rings (SSSR count). The first kappa shape index (κ1) is 27.1. The monoisotopic (exact) mass is 505 g/mol. The van der Waals surface area contributed by atoms with Crippen molar-refractivity contribution in [2.75, 3.05) is 26.4 Å². The fourth-order valence-electron chi connectivity index (χ4n) is 4.76. The third kappa shape index (κ3) is 6.90. The molecule has 0 saturated carbocycles. The van der Waals surface area contributed by atoms with Crippen molar-refractivity contribution < 1.29 is 9.47 Å². The van der Waals surface area contributed by atoms with Crippen molar-refractivity contribution in [3.8, 4) is 29.0 Å². The van der Waals surface area contributed by atoms with Gasteiger partial charge in [0.15, 0.2) is 0 Å². The number of nitrogens with zero attached hydrogens (tertiary/aromatic N) is 3. The summed E-state index contributed by atoms with van der Waals surface area (Å²) in [5, 5.41) is 18.8. The lowest BCUT2D eigenvalue weighted by molar-refractivity contribution is -0.00471. The van der Waals surface area contributed by atoms with Crippen LogP contribution in [0, 0.1) is 29.6 Å². The van der Waals surface area contributed by atoms with E-state index < -0.39 is 0 Å². The second-order valence-electron chi connectivity index (χ2n) is 9.76. The number of hydrogen-bond acceptors (Lipinski definition) is 5. The second kappa shape index (κ2) is 13.6. The second-order valence-corrected chi connectivity index (χ2v) is 9.76. The maximum atomic E-state index is 10.0. The Labute approximate surface area is 226 Å². The van der Waals surface area contributed by atoms with Crippen molar-refractivity contribution in [1.29, 1.82) is 10.5 Å². The summed E-state index contributed by atoms with van der Waals surface area (Å²) in [6.07, 6.45) is 6.40. The molecule has 194 valence electrons. The molecule has 3 aromatic carbocycles. The molecule has 0 spiro atoms. The molecule has 38 heavy (non-hydrogen) atoms. The Morgan fingerprint density at radius 3 is 2.61 bits per heavy atom. The van der Waals surface area contributed by atoms with Crippen LogP contribution in [0.2, 0.25) is 0 Å². The van der Waals surface area contributed by atoms with Crippen molar-refractivity contribution in [1.82, 2.24) is 4.90 Å². The quantitative estimate of drug-likeness (QED) is 0.219. The summed E-state index contributed by atoms with van der Waals surface area (Å²) in [5.74, 6) is 0.902. The number of rotatable bonds is 10. The molecule has 5 heteroatoms. The molecule has 1 atom stereocenters. The van der Waals surface area contributed by atoms with E-state index in [1.165, 1.54) is 0 Å². The average Bonchev–Trinajstić information content (AvgIpc) is 2.94. The molecule has 1 saturated heterocycles. The van der Waals surface area contributed by atoms with Gasteiger partial charge in [-0.25, -0.2) is 0 Å². The predicted molar refractivity (Wildman–Crippen MR) is 152 cm³/mol. The van der Waals surface area contributed by atoms with Gasteiger partial charge in [0.05, 0.1) is 31.5 Å². The number of benzene rings is 3. The molecular weight excluding hydrogens is 470 g/mol. The predicted octanol–water partition coefficient (Wildman–Crippen LogP) is 7.00. The Hall–Kier alpha value is -3.90. The van der Waals surface area contributed by atoms with Gasteiger partial charge in [0.2, 0.25) is 0 Å². The van der Waals surface area contributed by atoms with Crippen molar-refractivity contribution in [2.45, 2.75) is 45.7 Å². The third-order valence-corrected chi connectivity index (χ3v) is 7.00. The molecule has 1 aliphatic heterocycles. The van der Waals surface area contributed by atoms with Gasteiger partial charge in [-0.2, -0.15) is 10.5 Å². The highest BCUT2D eigenvalue weighted by Gasteiger charge is 2.21. The summed E-state index contributed by atoms with van der Waals surface area (Å²) >= 11 is 0. The van der Waals surface area contributed by atoms with Crippen LogP contribution in [0.1, 0.15) is 54.0 Å². The van der Waals surface area contributed by atoms with Crippen LogP contribution in [0.15, 0.2) is 60.7 Å². The largest absolute Gasteiger partial charge is 0.493 e. The topological polar surface area (TPSA) is 69.3 Å². The highest BCUT2D eigenvalue weighted by Crippen LogP contribution is 2.30. The first-order chi connectivity index (χ1) is 18.6. The van der Waals surface area contributed by atoms with Crippen molar-refractivity contribution in [3.05, 3.63) is 88.5 Å². The number of aryl methyl sites for hydroxylation is 1. The molecule has 0 radical (unpaired) electrons. The van der Waals surface area contributed by atoms with Gasteiger partial charge in [0.25, 0.3) is 0 Å². The van der Waals surface area contributed by atoms with Crippen LogP contribution in [0.4, 0.5) is 0 Å². The summed E-state index contributed by atoms with van der Waals surface area (Å²) in [6.45, 7) is 8.03. The lowest BCUT2D eigenvalue weighted by atomic mass is 9.95. The van der Waals surface area contributed by atoms with E-state index in [2.05, 4.69) is 49.1 Å². The molecular formula is C33H35N3O2. The number of hydrogen-bond donors (Lipinski definition) is 0. The molecule has 1 unspecified atom stereocenters. The van der Waals surface area contributed by atoms with Crippen LogP contribution in [0.5, 0.6) is 5.75 Å². The summed E-state index contributed by atoms with van der Waals surface area (Å²) in [6, 6.07) is 25.3. The minimum Gasteiger partial charge on any atom is -0.493 e. The Morgan fingerprint density at radius 1 is 1.03 bits per heavy atom. The normalized spacial score (nSPS) is 15.7. The van der Waals surface area contributed by atoms with E-state index in [-0.39, 0.29) is 0 Å². The standard InChI is InChI=1S/C33H35N3O2/c1-25-20-33(38-18-8-4-7-16-34)30(23-36-17-19-37-24-26(36)2)21-29(25)15-14-28-12-9-13-31(32(28)22-35)27-10-5-3-6-11-27/h3,5-6,9-15,20-21,26H,4,7-8,17-19,23-24H2,1-2H3/b15-14+. The van der Waals surface area contributed by atoms with Gasteiger partial charge in [-0.05, 0) is 61.1 Å². The highest BCUT2D eigenvalue weighted by molar-refractivity contribution is 5.81. The van der Waals surface area contributed by atoms with Crippen molar-refractivity contribution in [3.63, 3.8) is 0 Å². The zero-order valence-electron chi connectivity index (χ0n) is 22.3. The van der Waals surface area contributed by atoms with Gasteiger partial charge < -0.3 is 9.47 Å². The maximum absolute atomic E-state index is 10.0. The molecule has 3 aromatic rings. The van der Waals surface area contributed by atoms with Gasteiger partial charge in [0.1, 0.15) is 11.8 Å². The number of unbranched alkanes of at least 4 members (excludes halogenated alkanes) is 2. The van der Waals surface area contributed by atoms with Crippen LogP contribution >= 0.6 is 0 Å². The summed E-state index contributed by atoms with van der Waals surface area (Å²) in [5.41, 5.74) is 6.91. The highest BCUT2D eigenvalue weighted by atomic mass is 16.5. The van der Waals surface area contributed by atoms with E-state index in [0.717, 1.165) is 78.3 Å². The molecule has 0 bridgehead atoms. The Bertz CT molecular complexity index is 1330. The van der Waals surface area contributed by atoms with Gasteiger partial charge in [0, 0.05) is 36.7 Å². The van der Waals surface area contributed by atoms with Crippen LogP contribution < -0.4 is 4.74 Å². The van der Waals surface area contributed by atoms with Gasteiger partial charge in [-0.3, -0.25) is 4.90 Å². The zero-order valence-corrected chi connectivity index (χ0v) is 22.3. The van der Waals surface area contributed by atoms with E-state index in [4.69, 9.17) is 14.7 Å². The summed E-state index contributed by atoms with van der Waals surface area (Å²) in [7, 11) is 0. The minimum atomic E-state index is 0.339. The van der Waals surface area contributed by atoms with E-state index >= 15 is 0 Å². The van der Waals surface area contributed by atoms with Gasteiger partial charge in [-0.15, -0.1) is 0 Å². The van der Waals surface area contributed by atoms with E-state index in [1.807, 2.05) is 54.6 Å². The minimum absolute atomic E-state index is 0.339. The van der Waals surface area contributed by atoms with Gasteiger partial charge >= 0.3 is 0 Å². The zero-order chi connectivity index (χ0) is 26.7. The molecule has 0 amide bonds. The SMILES string of the molecule is Cc1cc(OCCCCC#N)c(CN2CCOCC2C)cc1/C=C/c1cccc(-c2ccccc2)c1C#N. The third-order valence-electron chi connectivity index (χ3n) is 7.00. The van der Waals surface area contributed by atoms with Crippen LogP contribution in [0.3, 0.4) is 0 Å². The number of nitriles is 2. The lowest BCUT2D eigenvalue weighted by Gasteiger charge is -2.33. The smallest absolute Gasteiger partial charge is 0.124 e. The first-order valence-corrected chi connectivity index (χ1v) is 13.3. The fourth-order valence-corrected chi connectivity index (χ4v) is 4.76. The molecule has 5 nitrogen and oxygen atoms in total. The Balaban J connectivity index is 1.63. The van der Waals surface area contributed by atoms with E-state index in [0.29, 0.717) is 24.6 Å². The average molecular weight is 506 g/mol. The molecule has 1 aliphatic rings. The molecule has 1 fully saturated rings. The van der Waals surface area contributed by atoms with Crippen molar-refractivity contribution >= 4 is 12.2 Å². The van der Waals surface area contributed by atoms with Crippen LogP contribution in [0.25, 0.3) is 23.3 Å². The molecule has 0 N–H and O–H groups in total. The maximum Gasteiger partial charge on any atom is 0.124 e. The van der Waals surface area contributed by atoms with Crippen molar-refractivity contribution in [2.24, 2.45) is 0 Å². The Kier molecular flexibility index (Phi) is 9.71. The lowest BCUT2D eigenvalue weighted by Crippen LogP contribution is -2.43. The van der Waals surface area contributed by atoms with Crippen LogP contribution in [-0.4, -0.2) is 37.3 Å². The number of morpholine rings is 1.